The van der Waals surface area contributed by atoms with Crippen molar-refractivity contribution < 1.29 is 5.11 Å². The summed E-state index contributed by atoms with van der Waals surface area (Å²) in [5, 5.41) is 14.9. The van der Waals surface area contributed by atoms with Gasteiger partial charge in [-0.2, -0.15) is 0 Å². The molecule has 0 saturated carbocycles. The van der Waals surface area contributed by atoms with Crippen LogP contribution in [0, 0.1) is 5.92 Å². The van der Waals surface area contributed by atoms with Crippen molar-refractivity contribution >= 4 is 11.5 Å². The number of rotatable bonds is 2. The van der Waals surface area contributed by atoms with Crippen molar-refractivity contribution in [1.82, 2.24) is 9.59 Å². The van der Waals surface area contributed by atoms with E-state index < -0.39 is 6.10 Å². The zero-order valence-electron chi connectivity index (χ0n) is 5.98. The largest absolute Gasteiger partial charge is 0.386 e. The SMILES string of the molecule is CC(C)C(O)c1csnn1. The Hall–Kier alpha value is -0.480. The van der Waals surface area contributed by atoms with Gasteiger partial charge < -0.3 is 5.11 Å². The Bertz CT molecular complexity index is 186. The summed E-state index contributed by atoms with van der Waals surface area (Å²) < 4.78 is 3.66. The van der Waals surface area contributed by atoms with Gasteiger partial charge in [-0.3, -0.25) is 0 Å². The molecule has 0 aromatic carbocycles. The van der Waals surface area contributed by atoms with Gasteiger partial charge in [0, 0.05) is 5.38 Å². The molecule has 1 N–H and O–H groups in total. The van der Waals surface area contributed by atoms with Gasteiger partial charge in [0.15, 0.2) is 0 Å². The average Bonchev–Trinajstić information content (AvgIpc) is 2.36. The van der Waals surface area contributed by atoms with Crippen molar-refractivity contribution in [1.29, 1.82) is 0 Å². The van der Waals surface area contributed by atoms with E-state index in [0.717, 1.165) is 0 Å². The maximum Gasteiger partial charge on any atom is 0.104 e. The summed E-state index contributed by atoms with van der Waals surface area (Å²) in [5.41, 5.74) is 0.681. The maximum absolute atomic E-state index is 9.39. The van der Waals surface area contributed by atoms with Crippen LogP contribution in [0.3, 0.4) is 0 Å². The highest BCUT2D eigenvalue weighted by Gasteiger charge is 2.13. The van der Waals surface area contributed by atoms with Crippen LogP contribution in [-0.2, 0) is 0 Å². The van der Waals surface area contributed by atoms with Gasteiger partial charge in [0.1, 0.15) is 11.8 Å². The van der Waals surface area contributed by atoms with Crippen LogP contribution in [0.5, 0.6) is 0 Å². The Morgan fingerprint density at radius 2 is 2.30 bits per heavy atom. The first-order chi connectivity index (χ1) is 4.72. The first kappa shape index (κ1) is 7.63. The minimum atomic E-state index is -0.459. The topological polar surface area (TPSA) is 46.0 Å². The Kier molecular flexibility index (Phi) is 2.34. The van der Waals surface area contributed by atoms with Gasteiger partial charge >= 0.3 is 0 Å². The second kappa shape index (κ2) is 3.07. The monoisotopic (exact) mass is 158 g/mol. The molecule has 1 heterocycles. The lowest BCUT2D eigenvalue weighted by Gasteiger charge is -2.09. The third-order valence-corrected chi connectivity index (χ3v) is 1.83. The standard InChI is InChI=1S/C6H10N2OS/c1-4(2)6(9)5-3-10-8-7-5/h3-4,6,9H,1-2H3. The first-order valence-electron chi connectivity index (χ1n) is 3.17. The molecule has 0 radical (unpaired) electrons. The minimum Gasteiger partial charge on any atom is -0.386 e. The number of aliphatic hydroxyl groups is 1. The number of hydrogen-bond acceptors (Lipinski definition) is 4. The molecule has 1 rings (SSSR count). The van der Waals surface area contributed by atoms with Crippen LogP contribution in [0.15, 0.2) is 5.38 Å². The molecule has 0 saturated heterocycles. The second-order valence-electron chi connectivity index (χ2n) is 2.52. The Morgan fingerprint density at radius 1 is 1.60 bits per heavy atom. The predicted molar refractivity (Wildman–Crippen MR) is 39.7 cm³/mol. The van der Waals surface area contributed by atoms with Gasteiger partial charge in [-0.1, -0.05) is 18.3 Å². The van der Waals surface area contributed by atoms with Gasteiger partial charge in [-0.05, 0) is 17.5 Å². The Morgan fingerprint density at radius 3 is 2.70 bits per heavy atom. The van der Waals surface area contributed by atoms with Crippen LogP contribution < -0.4 is 0 Å². The summed E-state index contributed by atoms with van der Waals surface area (Å²) in [6, 6.07) is 0. The van der Waals surface area contributed by atoms with E-state index in [2.05, 4.69) is 9.59 Å². The highest BCUT2D eigenvalue weighted by atomic mass is 32.1. The summed E-state index contributed by atoms with van der Waals surface area (Å²) >= 11 is 1.26. The summed E-state index contributed by atoms with van der Waals surface area (Å²) in [6.07, 6.45) is -0.459. The van der Waals surface area contributed by atoms with Crippen molar-refractivity contribution in [2.75, 3.05) is 0 Å². The molecule has 1 aromatic heterocycles. The molecule has 0 aliphatic heterocycles. The normalized spacial score (nSPS) is 14.0. The van der Waals surface area contributed by atoms with E-state index >= 15 is 0 Å². The van der Waals surface area contributed by atoms with E-state index in [1.165, 1.54) is 11.5 Å². The molecule has 0 amide bonds. The highest BCUT2D eigenvalue weighted by molar-refractivity contribution is 7.03. The van der Waals surface area contributed by atoms with Crippen molar-refractivity contribution in [2.24, 2.45) is 5.92 Å². The fraction of sp³-hybridized carbons (Fsp3) is 0.667. The van der Waals surface area contributed by atoms with Crippen molar-refractivity contribution in [2.45, 2.75) is 20.0 Å². The van der Waals surface area contributed by atoms with Crippen LogP contribution in [0.25, 0.3) is 0 Å². The molecule has 1 aromatic rings. The smallest absolute Gasteiger partial charge is 0.104 e. The quantitative estimate of drug-likeness (QED) is 0.704. The molecule has 0 fully saturated rings. The van der Waals surface area contributed by atoms with Gasteiger partial charge in [0.25, 0.3) is 0 Å². The van der Waals surface area contributed by atoms with Gasteiger partial charge in [0.2, 0.25) is 0 Å². The van der Waals surface area contributed by atoms with Crippen LogP contribution in [0.2, 0.25) is 0 Å². The Balaban J connectivity index is 2.68. The van der Waals surface area contributed by atoms with Crippen molar-refractivity contribution in [3.63, 3.8) is 0 Å². The lowest BCUT2D eigenvalue weighted by atomic mass is 10.1. The van der Waals surface area contributed by atoms with Crippen molar-refractivity contribution in [3.8, 4) is 0 Å². The predicted octanol–water partition coefficient (Wildman–Crippen LogP) is 1.23. The third kappa shape index (κ3) is 1.52. The summed E-state index contributed by atoms with van der Waals surface area (Å²) in [4.78, 5) is 0. The van der Waals surface area contributed by atoms with Crippen LogP contribution in [0.4, 0.5) is 0 Å². The van der Waals surface area contributed by atoms with E-state index in [9.17, 15) is 5.11 Å². The maximum atomic E-state index is 9.39. The summed E-state index contributed by atoms with van der Waals surface area (Å²) in [6.45, 7) is 3.90. The fourth-order valence-corrected chi connectivity index (χ4v) is 1.13. The molecular formula is C6H10N2OS. The molecular weight excluding hydrogens is 148 g/mol. The molecule has 0 aliphatic carbocycles. The summed E-state index contributed by atoms with van der Waals surface area (Å²) in [7, 11) is 0. The fourth-order valence-electron chi connectivity index (χ4n) is 0.642. The minimum absolute atomic E-state index is 0.212. The molecule has 0 aliphatic rings. The van der Waals surface area contributed by atoms with E-state index in [0.29, 0.717) is 5.69 Å². The molecule has 0 spiro atoms. The summed E-state index contributed by atoms with van der Waals surface area (Å²) in [5.74, 6) is 0.212. The first-order valence-corrected chi connectivity index (χ1v) is 4.00. The van der Waals surface area contributed by atoms with Gasteiger partial charge in [0.05, 0.1) is 0 Å². The molecule has 10 heavy (non-hydrogen) atoms. The molecule has 4 heteroatoms. The van der Waals surface area contributed by atoms with Crippen LogP contribution >= 0.6 is 11.5 Å². The van der Waals surface area contributed by atoms with Gasteiger partial charge in [-0.25, -0.2) is 0 Å². The third-order valence-electron chi connectivity index (χ3n) is 1.31. The number of hydrogen-bond donors (Lipinski definition) is 1. The highest BCUT2D eigenvalue weighted by Crippen LogP contribution is 2.18. The van der Waals surface area contributed by atoms with E-state index in [1.54, 1.807) is 5.38 Å². The van der Waals surface area contributed by atoms with Crippen molar-refractivity contribution in [3.05, 3.63) is 11.1 Å². The van der Waals surface area contributed by atoms with E-state index in [4.69, 9.17) is 0 Å². The number of nitrogens with zero attached hydrogens (tertiary/aromatic N) is 2. The molecule has 0 bridgehead atoms. The molecule has 56 valence electrons. The second-order valence-corrected chi connectivity index (χ2v) is 3.13. The number of aliphatic hydroxyl groups excluding tert-OH is 1. The van der Waals surface area contributed by atoms with Crippen LogP contribution in [0.1, 0.15) is 25.6 Å². The molecule has 1 unspecified atom stereocenters. The Labute approximate surface area is 63.9 Å². The van der Waals surface area contributed by atoms with Gasteiger partial charge in [-0.15, -0.1) is 5.10 Å². The zero-order chi connectivity index (χ0) is 7.56. The van der Waals surface area contributed by atoms with E-state index in [1.807, 2.05) is 13.8 Å². The van der Waals surface area contributed by atoms with E-state index in [-0.39, 0.29) is 5.92 Å². The molecule has 1 atom stereocenters. The number of aromatic nitrogens is 2. The van der Waals surface area contributed by atoms with Crippen LogP contribution in [-0.4, -0.2) is 14.7 Å². The average molecular weight is 158 g/mol. The molecule has 3 nitrogen and oxygen atoms in total. The lowest BCUT2D eigenvalue weighted by molar-refractivity contribution is 0.122. The zero-order valence-corrected chi connectivity index (χ0v) is 6.80. The lowest BCUT2D eigenvalue weighted by Crippen LogP contribution is -2.05.